The first kappa shape index (κ1) is 20.7. The highest BCUT2D eigenvalue weighted by atomic mass is 15.1. The van der Waals surface area contributed by atoms with E-state index in [0.29, 0.717) is 11.6 Å². The van der Waals surface area contributed by atoms with Crippen molar-refractivity contribution in [1.82, 2.24) is 0 Å². The number of fused-ring (bicyclic) bond motifs is 7. The molecule has 4 heteroatoms. The van der Waals surface area contributed by atoms with Gasteiger partial charge >= 0.3 is 0 Å². The summed E-state index contributed by atoms with van der Waals surface area (Å²) in [4.78, 5) is 19.2. The highest BCUT2D eigenvalue weighted by Crippen LogP contribution is 2.36. The van der Waals surface area contributed by atoms with Crippen molar-refractivity contribution < 1.29 is 0 Å². The summed E-state index contributed by atoms with van der Waals surface area (Å²) < 4.78 is 0. The summed E-state index contributed by atoms with van der Waals surface area (Å²) in [6.07, 6.45) is 3.73. The van der Waals surface area contributed by atoms with Crippen molar-refractivity contribution in [3.8, 4) is 11.1 Å². The van der Waals surface area contributed by atoms with E-state index in [1.807, 2.05) is 24.6 Å². The van der Waals surface area contributed by atoms with E-state index >= 15 is 0 Å². The van der Waals surface area contributed by atoms with E-state index in [1.54, 1.807) is 0 Å². The summed E-state index contributed by atoms with van der Waals surface area (Å²) in [6.45, 7) is 0. The fourth-order valence-corrected chi connectivity index (χ4v) is 5.26. The van der Waals surface area contributed by atoms with E-state index in [2.05, 4.69) is 107 Å². The van der Waals surface area contributed by atoms with Gasteiger partial charge in [0.25, 0.3) is 0 Å². The van der Waals surface area contributed by atoms with Gasteiger partial charge < -0.3 is 0 Å². The standard InChI is InChI=1S/C32H22N4/c1-3-9-21(10-4-1)29-25-15-7-13-23(17-25)24-14-8-16-26(18-24)30(22-11-5-2-6-12-22)28-20-34-32(36-28)31-33-19-27(29)35-31/h1-20,29-30H. The Balaban J connectivity index is 1.49. The largest absolute Gasteiger partial charge is 0.232 e. The first-order valence-electron chi connectivity index (χ1n) is 12.1. The molecule has 36 heavy (non-hydrogen) atoms. The van der Waals surface area contributed by atoms with Crippen LogP contribution in [-0.4, -0.2) is 23.9 Å². The van der Waals surface area contributed by atoms with Gasteiger partial charge in [-0.2, -0.15) is 0 Å². The average Bonchev–Trinajstić information content (AvgIpc) is 3.61. The molecule has 4 nitrogen and oxygen atoms in total. The minimum Gasteiger partial charge on any atom is -0.232 e. The molecule has 0 saturated heterocycles. The third-order valence-corrected chi connectivity index (χ3v) is 6.94. The van der Waals surface area contributed by atoms with Crippen LogP contribution in [0.1, 0.15) is 34.1 Å². The summed E-state index contributed by atoms with van der Waals surface area (Å²) >= 11 is 0. The predicted octanol–water partition coefficient (Wildman–Crippen LogP) is 6.81. The van der Waals surface area contributed by atoms with Crippen molar-refractivity contribution in [1.29, 1.82) is 0 Å². The smallest absolute Gasteiger partial charge is 0.198 e. The molecule has 0 spiro atoms. The number of nitrogens with zero attached hydrogens (tertiary/aromatic N) is 4. The minimum atomic E-state index is -0.0370. The zero-order valence-corrected chi connectivity index (χ0v) is 19.5. The Bertz CT molecular complexity index is 1500. The summed E-state index contributed by atoms with van der Waals surface area (Å²) in [5, 5.41) is 0. The molecule has 0 saturated carbocycles. The van der Waals surface area contributed by atoms with E-state index in [1.165, 1.54) is 33.4 Å². The van der Waals surface area contributed by atoms with Crippen LogP contribution in [0.15, 0.2) is 141 Å². The van der Waals surface area contributed by atoms with Crippen molar-refractivity contribution in [2.24, 2.45) is 20.0 Å². The molecule has 4 aromatic rings. The molecule has 0 aromatic heterocycles. The second-order valence-corrected chi connectivity index (χ2v) is 9.18. The molecule has 3 aliphatic heterocycles. The van der Waals surface area contributed by atoms with Crippen LogP contribution in [0.2, 0.25) is 0 Å². The molecular formula is C32H22N4. The normalized spacial score (nSPS) is 19.7. The molecule has 0 fully saturated rings. The lowest BCUT2D eigenvalue weighted by Crippen LogP contribution is -2.14. The molecule has 2 atom stereocenters. The van der Waals surface area contributed by atoms with Crippen LogP contribution < -0.4 is 0 Å². The predicted molar refractivity (Wildman–Crippen MR) is 147 cm³/mol. The van der Waals surface area contributed by atoms with Crippen molar-refractivity contribution in [2.75, 3.05) is 0 Å². The second-order valence-electron chi connectivity index (χ2n) is 9.18. The zero-order chi connectivity index (χ0) is 23.9. The van der Waals surface area contributed by atoms with Gasteiger partial charge in [-0.3, -0.25) is 0 Å². The third kappa shape index (κ3) is 3.55. The zero-order valence-electron chi connectivity index (χ0n) is 19.5. The fourth-order valence-electron chi connectivity index (χ4n) is 5.26. The first-order valence-corrected chi connectivity index (χ1v) is 12.1. The maximum Gasteiger partial charge on any atom is 0.198 e. The molecule has 0 aliphatic carbocycles. The van der Waals surface area contributed by atoms with Crippen LogP contribution in [0.4, 0.5) is 0 Å². The van der Waals surface area contributed by atoms with Crippen LogP contribution in [0.5, 0.6) is 0 Å². The average molecular weight is 463 g/mol. The first-order chi connectivity index (χ1) is 17.8. The van der Waals surface area contributed by atoms with Crippen molar-refractivity contribution in [2.45, 2.75) is 11.8 Å². The molecule has 4 aromatic carbocycles. The lowest BCUT2D eigenvalue weighted by molar-refractivity contribution is 1.06. The van der Waals surface area contributed by atoms with Crippen molar-refractivity contribution in [3.63, 3.8) is 0 Å². The number of hydrogen-bond acceptors (Lipinski definition) is 4. The van der Waals surface area contributed by atoms with E-state index in [0.717, 1.165) is 11.4 Å². The highest BCUT2D eigenvalue weighted by Gasteiger charge is 2.28. The van der Waals surface area contributed by atoms with Gasteiger partial charge in [-0.25, -0.2) is 20.0 Å². The van der Waals surface area contributed by atoms with Crippen molar-refractivity contribution >= 4 is 23.9 Å². The number of hydrogen-bond donors (Lipinski definition) is 0. The summed E-state index contributed by atoms with van der Waals surface area (Å²) in [5.41, 5.74) is 8.84. The van der Waals surface area contributed by atoms with E-state index in [4.69, 9.17) is 9.98 Å². The van der Waals surface area contributed by atoms with Crippen molar-refractivity contribution in [3.05, 3.63) is 143 Å². The van der Waals surface area contributed by atoms with E-state index in [-0.39, 0.29) is 11.8 Å². The molecule has 3 aliphatic rings. The summed E-state index contributed by atoms with van der Waals surface area (Å²) in [6, 6.07) is 38.5. The quantitative estimate of drug-likeness (QED) is 0.314. The summed E-state index contributed by atoms with van der Waals surface area (Å²) in [5.74, 6) is 1.05. The van der Waals surface area contributed by atoms with Gasteiger partial charge in [-0.1, -0.05) is 109 Å². The monoisotopic (exact) mass is 462 g/mol. The van der Waals surface area contributed by atoms with Gasteiger partial charge in [0.15, 0.2) is 11.6 Å². The SMILES string of the molecule is C1=NC2=C3N=CC(=N3)C(c3ccccc3)c3cccc(c3)-c3cccc(c3)C(c3ccccc3)C1=N2. The Morgan fingerprint density at radius 1 is 0.417 bits per heavy atom. The lowest BCUT2D eigenvalue weighted by atomic mass is 9.84. The summed E-state index contributed by atoms with van der Waals surface area (Å²) in [7, 11) is 0. The molecule has 0 radical (unpaired) electrons. The Morgan fingerprint density at radius 3 is 1.28 bits per heavy atom. The highest BCUT2D eigenvalue weighted by molar-refractivity contribution is 6.37. The lowest BCUT2D eigenvalue weighted by Gasteiger charge is -2.20. The van der Waals surface area contributed by atoms with Gasteiger partial charge in [-0.05, 0) is 33.4 Å². The number of aliphatic imine (C=N–C) groups is 4. The molecule has 170 valence electrons. The number of benzene rings is 4. The molecule has 0 amide bonds. The maximum atomic E-state index is 4.95. The Kier molecular flexibility index (Phi) is 4.88. The molecule has 2 unspecified atom stereocenters. The Labute approximate surface area is 209 Å². The molecular weight excluding hydrogens is 440 g/mol. The maximum absolute atomic E-state index is 4.95. The van der Waals surface area contributed by atoms with Crippen LogP contribution in [-0.2, 0) is 0 Å². The molecule has 8 bridgehead atoms. The third-order valence-electron chi connectivity index (χ3n) is 6.94. The topological polar surface area (TPSA) is 49.4 Å². The van der Waals surface area contributed by atoms with Crippen LogP contribution >= 0.6 is 0 Å². The Hall–Kier alpha value is -4.70. The molecule has 0 N–H and O–H groups in total. The van der Waals surface area contributed by atoms with E-state index < -0.39 is 0 Å². The van der Waals surface area contributed by atoms with Crippen LogP contribution in [0, 0.1) is 0 Å². The minimum absolute atomic E-state index is 0.0370. The second kappa shape index (κ2) is 8.51. The van der Waals surface area contributed by atoms with Gasteiger partial charge in [0.1, 0.15) is 0 Å². The fraction of sp³-hybridized carbons (Fsp3) is 0.0625. The Morgan fingerprint density at radius 2 is 0.833 bits per heavy atom. The molecule has 7 rings (SSSR count). The van der Waals surface area contributed by atoms with Crippen LogP contribution in [0.25, 0.3) is 11.1 Å². The van der Waals surface area contributed by atoms with Gasteiger partial charge in [-0.15, -0.1) is 0 Å². The van der Waals surface area contributed by atoms with E-state index in [9.17, 15) is 0 Å². The molecule has 3 heterocycles. The number of rotatable bonds is 2. The van der Waals surface area contributed by atoms with Crippen LogP contribution in [0.3, 0.4) is 0 Å². The van der Waals surface area contributed by atoms with Gasteiger partial charge in [0.05, 0.1) is 35.7 Å². The van der Waals surface area contributed by atoms with Gasteiger partial charge in [0, 0.05) is 0 Å². The van der Waals surface area contributed by atoms with Gasteiger partial charge in [0.2, 0.25) is 0 Å².